The van der Waals surface area contributed by atoms with Crippen LogP contribution in [0.15, 0.2) is 18.2 Å². The lowest BCUT2D eigenvalue weighted by Gasteiger charge is -2.45. The summed E-state index contributed by atoms with van der Waals surface area (Å²) in [5.41, 5.74) is 5.52. The van der Waals surface area contributed by atoms with Crippen molar-refractivity contribution >= 4 is 23.4 Å². The molecule has 7 nitrogen and oxygen atoms in total. The molecule has 1 aliphatic heterocycles. The fourth-order valence-electron chi connectivity index (χ4n) is 3.71. The molecule has 1 aliphatic rings. The number of anilines is 2. The number of nitrogens with one attached hydrogen (secondary N) is 1. The Morgan fingerprint density at radius 1 is 1.10 bits per heavy atom. The summed E-state index contributed by atoms with van der Waals surface area (Å²) in [7, 11) is 0. The quantitative estimate of drug-likeness (QED) is 0.770. The molecular formula is C22H28N6O. The minimum Gasteiger partial charge on any atom is -0.365 e. The fraction of sp³-hybridized carbons (Fsp3) is 0.455. The fourth-order valence-corrected chi connectivity index (χ4v) is 3.71. The maximum absolute atomic E-state index is 12.9. The Morgan fingerprint density at radius 3 is 2.34 bits per heavy atom. The third-order valence-corrected chi connectivity index (χ3v) is 5.73. The second-order valence-electron chi connectivity index (χ2n) is 7.86. The zero-order valence-electron chi connectivity index (χ0n) is 17.9. The first kappa shape index (κ1) is 20.6. The molecule has 1 saturated heterocycles. The number of benzene rings is 1. The van der Waals surface area contributed by atoms with Crippen LogP contribution in [0.2, 0.25) is 0 Å². The van der Waals surface area contributed by atoms with Crippen molar-refractivity contribution in [1.82, 2.24) is 14.9 Å². The van der Waals surface area contributed by atoms with Crippen LogP contribution in [-0.4, -0.2) is 46.1 Å². The number of rotatable bonds is 2. The van der Waals surface area contributed by atoms with Crippen molar-refractivity contribution in [2.45, 2.75) is 53.6 Å². The molecule has 1 aromatic heterocycles. The van der Waals surface area contributed by atoms with Crippen LogP contribution in [0, 0.1) is 34.3 Å². The molecule has 1 fully saturated rings. The summed E-state index contributed by atoms with van der Waals surface area (Å²) in [6, 6.07) is 5.92. The van der Waals surface area contributed by atoms with Gasteiger partial charge in [-0.3, -0.25) is 5.32 Å². The highest BCUT2D eigenvalue weighted by molar-refractivity contribution is 5.88. The molecule has 1 N–H and O–H groups in total. The molecular weight excluding hydrogens is 364 g/mol. The molecule has 2 amide bonds. The smallest absolute Gasteiger partial charge is 0.324 e. The molecule has 2 aromatic rings. The van der Waals surface area contributed by atoms with E-state index in [1.54, 1.807) is 0 Å². The van der Waals surface area contributed by atoms with Gasteiger partial charge in [-0.15, -0.1) is 0 Å². The zero-order chi connectivity index (χ0) is 21.3. The van der Waals surface area contributed by atoms with Crippen molar-refractivity contribution in [3.63, 3.8) is 0 Å². The van der Waals surface area contributed by atoms with Gasteiger partial charge in [-0.1, -0.05) is 6.07 Å². The number of hydrogen-bond acceptors (Lipinski definition) is 4. The third-order valence-electron chi connectivity index (χ3n) is 5.73. The van der Waals surface area contributed by atoms with Gasteiger partial charge in [0, 0.05) is 42.2 Å². The zero-order valence-corrected chi connectivity index (χ0v) is 17.9. The van der Waals surface area contributed by atoms with E-state index in [2.05, 4.69) is 38.0 Å². The van der Waals surface area contributed by atoms with Gasteiger partial charge in [0.25, 0.3) is 0 Å². The molecule has 7 heteroatoms. The standard InChI is InChI=1S/C22H28N6O/c1-13-10-19(8-9-20(13)23-7)27-11-15(3)28(12-14(27)2)22(29)26-21-24-17(5)16(4)18(6)25-21/h8-10,14-15H,11-12H2,1-6H3,(H,24,25,26,29)/t14-,15+/m0/s1. The summed E-state index contributed by atoms with van der Waals surface area (Å²) in [6.07, 6.45) is 0. The van der Waals surface area contributed by atoms with Crippen molar-refractivity contribution in [2.75, 3.05) is 23.3 Å². The van der Waals surface area contributed by atoms with Crippen molar-refractivity contribution in [1.29, 1.82) is 0 Å². The third kappa shape index (κ3) is 4.16. The van der Waals surface area contributed by atoms with Crippen LogP contribution in [0.3, 0.4) is 0 Å². The number of aryl methyl sites for hydroxylation is 3. The highest BCUT2D eigenvalue weighted by atomic mass is 16.2. The first-order chi connectivity index (χ1) is 13.7. The monoisotopic (exact) mass is 392 g/mol. The number of carbonyl (C=O) groups is 1. The Morgan fingerprint density at radius 2 is 1.76 bits per heavy atom. The summed E-state index contributed by atoms with van der Waals surface area (Å²) in [5, 5.41) is 2.86. The topological polar surface area (TPSA) is 65.7 Å². The molecule has 1 aromatic carbocycles. The SMILES string of the molecule is [C-]#[N+]c1ccc(N2C[C@@H](C)N(C(=O)Nc3nc(C)c(C)c(C)n3)C[C@@H]2C)cc1C. The predicted octanol–water partition coefficient (Wildman–Crippen LogP) is 4.39. The number of piperazine rings is 1. The lowest BCUT2D eigenvalue weighted by molar-refractivity contribution is 0.173. The second kappa shape index (κ2) is 8.08. The number of urea groups is 1. The summed E-state index contributed by atoms with van der Waals surface area (Å²) in [5.74, 6) is 0.350. The second-order valence-corrected chi connectivity index (χ2v) is 7.86. The van der Waals surface area contributed by atoms with E-state index < -0.39 is 0 Å². The van der Waals surface area contributed by atoms with Crippen LogP contribution in [0.4, 0.5) is 22.1 Å². The molecule has 0 unspecified atom stereocenters. The summed E-state index contributed by atoms with van der Waals surface area (Å²) in [6.45, 7) is 20.5. The van der Waals surface area contributed by atoms with E-state index >= 15 is 0 Å². The van der Waals surface area contributed by atoms with Crippen LogP contribution in [0.5, 0.6) is 0 Å². The van der Waals surface area contributed by atoms with Crippen molar-refractivity contribution in [3.05, 3.63) is 52.1 Å². The number of amides is 2. The van der Waals surface area contributed by atoms with Gasteiger partial charge in [-0.2, -0.15) is 0 Å². The number of carbonyl (C=O) groups excluding carboxylic acids is 1. The molecule has 2 atom stereocenters. The Hall–Kier alpha value is -3.14. The number of aromatic nitrogens is 2. The summed E-state index contributed by atoms with van der Waals surface area (Å²) >= 11 is 0. The number of nitrogens with zero attached hydrogens (tertiary/aromatic N) is 5. The lowest BCUT2D eigenvalue weighted by atomic mass is 10.1. The highest BCUT2D eigenvalue weighted by Crippen LogP contribution is 2.29. The van der Waals surface area contributed by atoms with Crippen molar-refractivity contribution in [3.8, 4) is 0 Å². The normalized spacial score (nSPS) is 19.1. The van der Waals surface area contributed by atoms with E-state index in [4.69, 9.17) is 6.57 Å². The van der Waals surface area contributed by atoms with Crippen LogP contribution in [0.25, 0.3) is 4.85 Å². The minimum atomic E-state index is -0.175. The van der Waals surface area contributed by atoms with E-state index in [-0.39, 0.29) is 18.1 Å². The van der Waals surface area contributed by atoms with Crippen molar-refractivity contribution in [2.24, 2.45) is 0 Å². The Kier molecular flexibility index (Phi) is 5.73. The van der Waals surface area contributed by atoms with Crippen LogP contribution in [-0.2, 0) is 0 Å². The van der Waals surface area contributed by atoms with Gasteiger partial charge in [0.05, 0.1) is 6.57 Å². The Balaban J connectivity index is 1.73. The largest absolute Gasteiger partial charge is 0.365 e. The van der Waals surface area contributed by atoms with E-state index in [0.717, 1.165) is 34.7 Å². The van der Waals surface area contributed by atoms with Gasteiger partial charge in [-0.05, 0) is 64.8 Å². The minimum absolute atomic E-state index is 0.0275. The first-order valence-corrected chi connectivity index (χ1v) is 9.85. The van der Waals surface area contributed by atoms with Crippen LogP contribution >= 0.6 is 0 Å². The molecule has 0 aliphatic carbocycles. The van der Waals surface area contributed by atoms with E-state index in [1.165, 1.54) is 0 Å². The molecule has 29 heavy (non-hydrogen) atoms. The first-order valence-electron chi connectivity index (χ1n) is 9.85. The Labute approximate surface area is 172 Å². The molecule has 152 valence electrons. The molecule has 0 spiro atoms. The van der Waals surface area contributed by atoms with Crippen LogP contribution in [0.1, 0.15) is 36.4 Å². The lowest BCUT2D eigenvalue weighted by Crippen LogP contribution is -2.59. The van der Waals surface area contributed by atoms with Gasteiger partial charge in [0.1, 0.15) is 0 Å². The van der Waals surface area contributed by atoms with Gasteiger partial charge in [-0.25, -0.2) is 19.6 Å². The van der Waals surface area contributed by atoms with Gasteiger partial charge >= 0.3 is 6.03 Å². The van der Waals surface area contributed by atoms with E-state index in [9.17, 15) is 4.79 Å². The average molecular weight is 393 g/mol. The summed E-state index contributed by atoms with van der Waals surface area (Å²) < 4.78 is 0. The highest BCUT2D eigenvalue weighted by Gasteiger charge is 2.32. The van der Waals surface area contributed by atoms with Gasteiger partial charge < -0.3 is 9.80 Å². The maximum atomic E-state index is 12.9. The van der Waals surface area contributed by atoms with E-state index in [1.807, 2.05) is 51.7 Å². The molecule has 2 heterocycles. The van der Waals surface area contributed by atoms with Gasteiger partial charge in [0.15, 0.2) is 5.69 Å². The van der Waals surface area contributed by atoms with Crippen LogP contribution < -0.4 is 10.2 Å². The number of hydrogen-bond donors (Lipinski definition) is 1. The maximum Gasteiger partial charge on any atom is 0.324 e. The summed E-state index contributed by atoms with van der Waals surface area (Å²) in [4.78, 5) is 29.4. The molecule has 0 saturated carbocycles. The molecule has 3 rings (SSSR count). The van der Waals surface area contributed by atoms with Gasteiger partial charge in [0.2, 0.25) is 5.95 Å². The average Bonchev–Trinajstić information content (AvgIpc) is 2.67. The van der Waals surface area contributed by atoms with E-state index in [0.29, 0.717) is 18.2 Å². The molecule has 0 bridgehead atoms. The predicted molar refractivity (Wildman–Crippen MR) is 116 cm³/mol. The Bertz CT molecular complexity index is 957. The van der Waals surface area contributed by atoms with Crippen molar-refractivity contribution < 1.29 is 4.79 Å². The molecule has 0 radical (unpaired) electrons.